The van der Waals surface area contributed by atoms with Gasteiger partial charge in [-0.05, 0) is 29.8 Å². The molecule has 1 fully saturated rings. The van der Waals surface area contributed by atoms with E-state index >= 15 is 0 Å². The number of halogens is 2. The summed E-state index contributed by atoms with van der Waals surface area (Å²) >= 11 is 0. The SMILES string of the molecule is O=C(CC1CC1(F)F)OCCOc1ccc(OCc2ccccc2)cc1. The van der Waals surface area contributed by atoms with Crippen LogP contribution in [0, 0.1) is 5.92 Å². The minimum Gasteiger partial charge on any atom is -0.490 e. The second kappa shape index (κ2) is 8.17. The lowest BCUT2D eigenvalue weighted by Crippen LogP contribution is -2.13. The van der Waals surface area contributed by atoms with Crippen molar-refractivity contribution in [3.8, 4) is 11.5 Å². The number of carbonyl (C=O) groups is 1. The van der Waals surface area contributed by atoms with Crippen LogP contribution in [0.3, 0.4) is 0 Å². The molecule has 1 atom stereocenters. The molecule has 3 rings (SSSR count). The first kappa shape index (κ1) is 18.2. The Hall–Kier alpha value is -2.63. The molecule has 1 saturated carbocycles. The van der Waals surface area contributed by atoms with E-state index in [1.54, 1.807) is 24.3 Å². The Kier molecular flexibility index (Phi) is 5.71. The number of hydrogen-bond donors (Lipinski definition) is 0. The topological polar surface area (TPSA) is 44.8 Å². The van der Waals surface area contributed by atoms with Gasteiger partial charge in [-0.25, -0.2) is 8.78 Å². The Labute approximate surface area is 150 Å². The van der Waals surface area contributed by atoms with Gasteiger partial charge in [0.1, 0.15) is 31.3 Å². The lowest BCUT2D eigenvalue weighted by Gasteiger charge is -2.09. The fraction of sp³-hybridized carbons (Fsp3) is 0.350. The minimum atomic E-state index is -2.69. The first-order chi connectivity index (χ1) is 12.5. The highest BCUT2D eigenvalue weighted by Gasteiger charge is 2.57. The summed E-state index contributed by atoms with van der Waals surface area (Å²) in [5, 5.41) is 0. The third-order valence-corrected chi connectivity index (χ3v) is 4.06. The smallest absolute Gasteiger partial charge is 0.306 e. The zero-order valence-corrected chi connectivity index (χ0v) is 14.2. The van der Waals surface area contributed by atoms with Crippen LogP contribution in [-0.4, -0.2) is 25.1 Å². The Balaban J connectivity index is 1.32. The maximum Gasteiger partial charge on any atom is 0.306 e. The van der Waals surface area contributed by atoms with Gasteiger partial charge in [0.05, 0.1) is 6.42 Å². The average molecular weight is 362 g/mol. The van der Waals surface area contributed by atoms with E-state index in [2.05, 4.69) is 0 Å². The van der Waals surface area contributed by atoms with E-state index in [0.29, 0.717) is 12.4 Å². The molecule has 0 N–H and O–H groups in total. The lowest BCUT2D eigenvalue weighted by atomic mass is 10.2. The van der Waals surface area contributed by atoms with E-state index in [-0.39, 0.29) is 26.1 Å². The molecule has 2 aromatic carbocycles. The fourth-order valence-electron chi connectivity index (χ4n) is 2.44. The van der Waals surface area contributed by atoms with Crippen LogP contribution in [0.5, 0.6) is 11.5 Å². The zero-order chi connectivity index (χ0) is 18.4. The molecule has 26 heavy (non-hydrogen) atoms. The number of alkyl halides is 2. The molecule has 0 aromatic heterocycles. The van der Waals surface area contributed by atoms with Crippen molar-refractivity contribution in [2.45, 2.75) is 25.4 Å². The predicted molar refractivity (Wildman–Crippen MR) is 91.3 cm³/mol. The van der Waals surface area contributed by atoms with Gasteiger partial charge < -0.3 is 14.2 Å². The normalized spacial score (nSPS) is 17.4. The van der Waals surface area contributed by atoms with Gasteiger partial charge in [-0.2, -0.15) is 0 Å². The molecular formula is C20H20F2O4. The van der Waals surface area contributed by atoms with E-state index in [0.717, 1.165) is 11.3 Å². The van der Waals surface area contributed by atoms with Crippen molar-refractivity contribution < 1.29 is 27.8 Å². The van der Waals surface area contributed by atoms with Gasteiger partial charge in [-0.15, -0.1) is 0 Å². The number of carbonyl (C=O) groups excluding carboxylic acids is 1. The number of hydrogen-bond acceptors (Lipinski definition) is 4. The zero-order valence-electron chi connectivity index (χ0n) is 14.2. The van der Waals surface area contributed by atoms with Crippen molar-refractivity contribution in [2.75, 3.05) is 13.2 Å². The highest BCUT2D eigenvalue weighted by Crippen LogP contribution is 2.50. The van der Waals surface area contributed by atoms with Gasteiger partial charge >= 0.3 is 5.97 Å². The van der Waals surface area contributed by atoms with Crippen molar-refractivity contribution >= 4 is 5.97 Å². The lowest BCUT2D eigenvalue weighted by molar-refractivity contribution is -0.145. The van der Waals surface area contributed by atoms with E-state index in [4.69, 9.17) is 14.2 Å². The molecule has 2 aromatic rings. The molecule has 0 bridgehead atoms. The summed E-state index contributed by atoms with van der Waals surface area (Å²) in [5.41, 5.74) is 1.08. The van der Waals surface area contributed by atoms with E-state index in [1.165, 1.54) is 0 Å². The quantitative estimate of drug-likeness (QED) is 0.495. The molecule has 0 spiro atoms. The molecule has 0 radical (unpaired) electrons. The second-order valence-corrected chi connectivity index (χ2v) is 6.18. The molecular weight excluding hydrogens is 342 g/mol. The van der Waals surface area contributed by atoms with E-state index in [9.17, 15) is 13.6 Å². The highest BCUT2D eigenvalue weighted by molar-refractivity contribution is 5.70. The largest absolute Gasteiger partial charge is 0.490 e. The Morgan fingerprint density at radius 3 is 2.19 bits per heavy atom. The molecule has 0 saturated heterocycles. The van der Waals surface area contributed by atoms with Gasteiger partial charge in [0.15, 0.2) is 0 Å². The fourth-order valence-corrected chi connectivity index (χ4v) is 2.44. The van der Waals surface area contributed by atoms with Crippen molar-refractivity contribution in [1.82, 2.24) is 0 Å². The molecule has 138 valence electrons. The molecule has 0 heterocycles. The van der Waals surface area contributed by atoms with Crippen LogP contribution < -0.4 is 9.47 Å². The van der Waals surface area contributed by atoms with Crippen LogP contribution in [0.15, 0.2) is 54.6 Å². The number of rotatable bonds is 9. The van der Waals surface area contributed by atoms with Crippen LogP contribution in [0.4, 0.5) is 8.78 Å². The molecule has 1 aliphatic rings. The summed E-state index contributed by atoms with van der Waals surface area (Å²) in [6, 6.07) is 16.9. The molecule has 0 amide bonds. The average Bonchev–Trinajstić information content (AvgIpc) is 3.24. The van der Waals surface area contributed by atoms with Crippen LogP contribution in [-0.2, 0) is 16.1 Å². The van der Waals surface area contributed by atoms with Crippen LogP contribution in [0.2, 0.25) is 0 Å². The summed E-state index contributed by atoms with van der Waals surface area (Å²) < 4.78 is 41.4. The summed E-state index contributed by atoms with van der Waals surface area (Å²) in [5.74, 6) is -2.83. The summed E-state index contributed by atoms with van der Waals surface area (Å²) in [4.78, 5) is 11.4. The monoisotopic (exact) mass is 362 g/mol. The predicted octanol–water partition coefficient (Wildman–Crippen LogP) is 4.23. The first-order valence-electron chi connectivity index (χ1n) is 8.46. The highest BCUT2D eigenvalue weighted by atomic mass is 19.3. The maximum absolute atomic E-state index is 12.7. The Bertz CT molecular complexity index is 716. The van der Waals surface area contributed by atoms with Crippen molar-refractivity contribution in [2.24, 2.45) is 5.92 Å². The van der Waals surface area contributed by atoms with Gasteiger partial charge in [0, 0.05) is 12.3 Å². The van der Waals surface area contributed by atoms with Crippen molar-refractivity contribution in [3.63, 3.8) is 0 Å². The van der Waals surface area contributed by atoms with Crippen molar-refractivity contribution in [3.05, 3.63) is 60.2 Å². The maximum atomic E-state index is 12.7. The Morgan fingerprint density at radius 2 is 1.58 bits per heavy atom. The first-order valence-corrected chi connectivity index (χ1v) is 8.46. The summed E-state index contributed by atoms with van der Waals surface area (Å²) in [6.07, 6.45) is -0.461. The van der Waals surface area contributed by atoms with Crippen LogP contribution in [0.25, 0.3) is 0 Å². The number of esters is 1. The molecule has 6 heteroatoms. The molecule has 1 aliphatic carbocycles. The molecule has 0 aliphatic heterocycles. The second-order valence-electron chi connectivity index (χ2n) is 6.18. The van der Waals surface area contributed by atoms with Gasteiger partial charge in [0.2, 0.25) is 0 Å². The third kappa shape index (κ3) is 5.44. The minimum absolute atomic E-state index is 0.0311. The van der Waals surface area contributed by atoms with Gasteiger partial charge in [-0.1, -0.05) is 30.3 Å². The summed E-state index contributed by atoms with van der Waals surface area (Å²) in [6.45, 7) is 0.678. The van der Waals surface area contributed by atoms with Gasteiger partial charge in [-0.3, -0.25) is 4.79 Å². The van der Waals surface area contributed by atoms with Crippen LogP contribution in [0.1, 0.15) is 18.4 Å². The third-order valence-electron chi connectivity index (χ3n) is 4.06. The van der Waals surface area contributed by atoms with Crippen LogP contribution >= 0.6 is 0 Å². The van der Waals surface area contributed by atoms with Crippen molar-refractivity contribution in [1.29, 1.82) is 0 Å². The van der Waals surface area contributed by atoms with Gasteiger partial charge in [0.25, 0.3) is 5.92 Å². The molecule has 1 unspecified atom stereocenters. The standard InChI is InChI=1S/C20H20F2O4/c21-20(22)13-16(20)12-19(23)25-11-10-24-17-6-8-18(9-7-17)26-14-15-4-2-1-3-5-15/h1-9,16H,10-14H2. The summed E-state index contributed by atoms with van der Waals surface area (Å²) in [7, 11) is 0. The van der Waals surface area contributed by atoms with E-state index < -0.39 is 17.8 Å². The van der Waals surface area contributed by atoms with E-state index in [1.807, 2.05) is 30.3 Å². The number of benzene rings is 2. The number of ether oxygens (including phenoxy) is 3. The molecule has 4 nitrogen and oxygen atoms in total. The Morgan fingerprint density at radius 1 is 0.962 bits per heavy atom.